The average molecular weight is 351 g/mol. The molecule has 2 aromatic rings. The molecule has 1 aromatic heterocycles. The first kappa shape index (κ1) is 18.0. The highest BCUT2D eigenvalue weighted by Gasteiger charge is 2.24. The summed E-state index contributed by atoms with van der Waals surface area (Å²) >= 11 is 0. The maximum absolute atomic E-state index is 12.9. The quantitative estimate of drug-likeness (QED) is 0.835. The highest BCUT2D eigenvalue weighted by Crippen LogP contribution is 2.12. The Labute approximate surface area is 140 Å². The molecule has 0 radical (unpaired) electrons. The van der Waals surface area contributed by atoms with Gasteiger partial charge >= 0.3 is 0 Å². The fourth-order valence-electron chi connectivity index (χ4n) is 2.01. The Kier molecular flexibility index (Phi) is 5.63. The summed E-state index contributed by atoms with van der Waals surface area (Å²) in [5.74, 6) is -0.704. The molecular weight excluding hydrogens is 333 g/mol. The number of carbonyl (C=O) groups excluding carboxylic acids is 1. The molecule has 1 amide bonds. The zero-order valence-electron chi connectivity index (χ0n) is 13.3. The Morgan fingerprint density at radius 3 is 2.50 bits per heavy atom. The fourth-order valence-corrected chi connectivity index (χ4v) is 3.29. The van der Waals surface area contributed by atoms with E-state index in [-0.39, 0.29) is 11.3 Å². The van der Waals surface area contributed by atoms with Gasteiger partial charge in [-0.2, -0.15) is 4.72 Å². The summed E-state index contributed by atoms with van der Waals surface area (Å²) in [6, 6.07) is 6.87. The summed E-state index contributed by atoms with van der Waals surface area (Å²) in [7, 11) is -3.93. The van der Waals surface area contributed by atoms with Gasteiger partial charge < -0.3 is 5.32 Å². The molecule has 1 unspecified atom stereocenters. The predicted octanol–water partition coefficient (Wildman–Crippen LogP) is 2.22. The minimum Gasteiger partial charge on any atom is -0.309 e. The Morgan fingerprint density at radius 1 is 1.25 bits per heavy atom. The molecule has 1 heterocycles. The molecule has 6 nitrogen and oxygen atoms in total. The van der Waals surface area contributed by atoms with Crippen LogP contribution in [0.15, 0.2) is 47.5 Å². The molecule has 0 fully saturated rings. The fraction of sp³-hybridized carbons (Fsp3) is 0.250. The second-order valence-electron chi connectivity index (χ2n) is 5.24. The van der Waals surface area contributed by atoms with Crippen molar-refractivity contribution in [3.05, 3.63) is 54.0 Å². The van der Waals surface area contributed by atoms with Crippen LogP contribution in [0.5, 0.6) is 0 Å². The second kappa shape index (κ2) is 7.50. The summed E-state index contributed by atoms with van der Waals surface area (Å²) in [5.41, 5.74) is 0.917. The van der Waals surface area contributed by atoms with Crippen molar-refractivity contribution in [3.8, 4) is 0 Å². The van der Waals surface area contributed by atoms with Crippen LogP contribution in [0.2, 0.25) is 0 Å². The highest BCUT2D eigenvalue weighted by molar-refractivity contribution is 7.89. The average Bonchev–Trinajstić information content (AvgIpc) is 2.53. The van der Waals surface area contributed by atoms with Gasteiger partial charge in [0.2, 0.25) is 15.9 Å². The number of aryl methyl sites for hydroxylation is 1. The van der Waals surface area contributed by atoms with Gasteiger partial charge in [-0.05, 0) is 55.3 Å². The number of hydrogen-bond donors (Lipinski definition) is 2. The van der Waals surface area contributed by atoms with E-state index in [0.717, 1.165) is 29.8 Å². The molecule has 24 heavy (non-hydrogen) atoms. The van der Waals surface area contributed by atoms with Crippen LogP contribution in [0.4, 0.5) is 10.2 Å². The number of sulfonamides is 1. The Bertz CT molecular complexity index is 823. The van der Waals surface area contributed by atoms with Crippen molar-refractivity contribution in [2.75, 3.05) is 5.32 Å². The Hall–Kier alpha value is -2.32. The van der Waals surface area contributed by atoms with Gasteiger partial charge in [-0.25, -0.2) is 17.8 Å². The van der Waals surface area contributed by atoms with Crippen molar-refractivity contribution >= 4 is 21.7 Å². The number of pyridine rings is 1. The summed E-state index contributed by atoms with van der Waals surface area (Å²) in [4.78, 5) is 16.2. The van der Waals surface area contributed by atoms with E-state index in [0.29, 0.717) is 5.82 Å². The first-order valence-corrected chi connectivity index (χ1v) is 8.81. The van der Waals surface area contributed by atoms with E-state index in [2.05, 4.69) is 15.0 Å². The molecule has 128 valence electrons. The molecule has 0 aliphatic carbocycles. The largest absolute Gasteiger partial charge is 0.309 e. The first-order valence-electron chi connectivity index (χ1n) is 7.33. The zero-order chi connectivity index (χ0) is 17.7. The lowest BCUT2D eigenvalue weighted by atomic mass is 10.2. The number of amides is 1. The van der Waals surface area contributed by atoms with Crippen LogP contribution < -0.4 is 10.0 Å². The molecule has 1 atom stereocenters. The molecule has 2 rings (SSSR count). The monoisotopic (exact) mass is 351 g/mol. The number of halogens is 1. The number of nitrogens with zero attached hydrogens (tertiary/aromatic N) is 1. The molecule has 0 aliphatic rings. The lowest BCUT2D eigenvalue weighted by Gasteiger charge is -2.16. The molecule has 1 aromatic carbocycles. The number of aromatic nitrogens is 1. The zero-order valence-corrected chi connectivity index (χ0v) is 14.1. The smallest absolute Gasteiger partial charge is 0.243 e. The number of hydrogen-bond acceptors (Lipinski definition) is 4. The van der Waals surface area contributed by atoms with Gasteiger partial charge in [0, 0.05) is 6.20 Å². The first-order chi connectivity index (χ1) is 11.3. The maximum atomic E-state index is 12.9. The number of carbonyl (C=O) groups is 1. The molecule has 0 saturated carbocycles. The topological polar surface area (TPSA) is 88.2 Å². The van der Waals surface area contributed by atoms with Crippen LogP contribution in [0.1, 0.15) is 18.9 Å². The van der Waals surface area contributed by atoms with E-state index in [1.165, 1.54) is 0 Å². The van der Waals surface area contributed by atoms with Crippen LogP contribution in [-0.2, 0) is 14.8 Å². The molecule has 8 heteroatoms. The van der Waals surface area contributed by atoms with Crippen molar-refractivity contribution in [1.29, 1.82) is 0 Å². The van der Waals surface area contributed by atoms with Gasteiger partial charge in [0.05, 0.1) is 4.90 Å². The van der Waals surface area contributed by atoms with E-state index in [4.69, 9.17) is 0 Å². The van der Waals surface area contributed by atoms with Gasteiger partial charge in [0.15, 0.2) is 0 Å². The van der Waals surface area contributed by atoms with E-state index in [1.807, 2.05) is 6.92 Å². The third-order valence-corrected chi connectivity index (χ3v) is 4.80. The van der Waals surface area contributed by atoms with Crippen LogP contribution in [0.25, 0.3) is 0 Å². The van der Waals surface area contributed by atoms with E-state index < -0.39 is 27.8 Å². The molecule has 0 aliphatic heterocycles. The number of rotatable bonds is 6. The van der Waals surface area contributed by atoms with E-state index >= 15 is 0 Å². The van der Waals surface area contributed by atoms with Crippen molar-refractivity contribution in [2.24, 2.45) is 0 Å². The van der Waals surface area contributed by atoms with Gasteiger partial charge in [0.25, 0.3) is 0 Å². The minimum absolute atomic E-state index is 0.108. The molecule has 0 saturated heterocycles. The number of anilines is 1. The van der Waals surface area contributed by atoms with Crippen molar-refractivity contribution in [1.82, 2.24) is 9.71 Å². The van der Waals surface area contributed by atoms with E-state index in [1.54, 1.807) is 25.3 Å². The molecule has 2 N–H and O–H groups in total. The van der Waals surface area contributed by atoms with Gasteiger partial charge in [-0.3, -0.25) is 4.79 Å². The second-order valence-corrected chi connectivity index (χ2v) is 6.96. The third-order valence-electron chi connectivity index (χ3n) is 3.31. The summed E-state index contributed by atoms with van der Waals surface area (Å²) in [6.07, 6.45) is 1.80. The van der Waals surface area contributed by atoms with Crippen LogP contribution in [0, 0.1) is 12.7 Å². The highest BCUT2D eigenvalue weighted by atomic mass is 32.2. The van der Waals surface area contributed by atoms with Crippen molar-refractivity contribution < 1.29 is 17.6 Å². The summed E-state index contributed by atoms with van der Waals surface area (Å²) in [6.45, 7) is 3.53. The Balaban J connectivity index is 2.13. The predicted molar refractivity (Wildman–Crippen MR) is 88.4 cm³/mol. The normalized spacial score (nSPS) is 12.6. The van der Waals surface area contributed by atoms with E-state index in [9.17, 15) is 17.6 Å². The standard InChI is InChI=1S/C16H18FN3O3S/c1-3-14(16(21)19-15-10-11(2)8-9-18-15)20-24(22,23)13-6-4-12(17)5-7-13/h4-10,14,20H,3H2,1-2H3,(H,18,19,21). The van der Waals surface area contributed by atoms with Crippen molar-refractivity contribution in [3.63, 3.8) is 0 Å². The minimum atomic E-state index is -3.93. The summed E-state index contributed by atoms with van der Waals surface area (Å²) in [5, 5.41) is 2.58. The van der Waals surface area contributed by atoms with Crippen LogP contribution in [-0.4, -0.2) is 25.4 Å². The van der Waals surface area contributed by atoms with Gasteiger partial charge in [0.1, 0.15) is 17.7 Å². The maximum Gasteiger partial charge on any atom is 0.243 e. The third kappa shape index (κ3) is 4.59. The van der Waals surface area contributed by atoms with Gasteiger partial charge in [-0.1, -0.05) is 6.92 Å². The van der Waals surface area contributed by atoms with Crippen LogP contribution in [0.3, 0.4) is 0 Å². The SMILES string of the molecule is CCC(NS(=O)(=O)c1ccc(F)cc1)C(=O)Nc1cc(C)ccn1. The molecule has 0 spiro atoms. The lowest BCUT2D eigenvalue weighted by molar-refractivity contribution is -0.117. The molecule has 0 bridgehead atoms. The summed E-state index contributed by atoms with van der Waals surface area (Å²) < 4.78 is 39.8. The van der Waals surface area contributed by atoms with Crippen molar-refractivity contribution in [2.45, 2.75) is 31.2 Å². The Morgan fingerprint density at radius 2 is 1.92 bits per heavy atom. The number of benzene rings is 1. The van der Waals surface area contributed by atoms with Gasteiger partial charge in [-0.15, -0.1) is 0 Å². The molecular formula is C16H18FN3O3S. The lowest BCUT2D eigenvalue weighted by Crippen LogP contribution is -2.43. The van der Waals surface area contributed by atoms with Crippen LogP contribution >= 0.6 is 0 Å². The number of nitrogens with one attached hydrogen (secondary N) is 2.